The summed E-state index contributed by atoms with van der Waals surface area (Å²) in [6, 6.07) is 4.96. The fourth-order valence-electron chi connectivity index (χ4n) is 1.07. The quantitative estimate of drug-likeness (QED) is 0.647. The molecule has 2 rings (SSSR count). The van der Waals surface area contributed by atoms with Gasteiger partial charge in [-0.15, -0.1) is 0 Å². The van der Waals surface area contributed by atoms with Gasteiger partial charge in [-0.05, 0) is 18.2 Å². The molecule has 0 amide bonds. The van der Waals surface area contributed by atoms with E-state index in [-0.39, 0.29) is 5.78 Å². The lowest BCUT2D eigenvalue weighted by Gasteiger charge is -1.90. The maximum absolute atomic E-state index is 11.6. The third-order valence-electron chi connectivity index (χ3n) is 1.69. The van der Waals surface area contributed by atoms with Crippen LogP contribution in [0, 0.1) is 0 Å². The summed E-state index contributed by atoms with van der Waals surface area (Å²) in [5.74, 6) is 0.129. The normalized spacial score (nSPS) is 10.2. The lowest BCUT2D eigenvalue weighted by Crippen LogP contribution is -2.01. The minimum atomic E-state index is -0.189. The van der Waals surface area contributed by atoms with Crippen LogP contribution in [0.3, 0.4) is 0 Å². The Morgan fingerprint density at radius 3 is 2.92 bits per heavy atom. The van der Waals surface area contributed by atoms with Gasteiger partial charge < -0.3 is 4.42 Å². The molecule has 0 aliphatic carbocycles. The van der Waals surface area contributed by atoms with Gasteiger partial charge >= 0.3 is 0 Å². The Hall–Kier alpha value is -1.84. The zero-order valence-electron chi connectivity index (χ0n) is 7.10. The molecule has 2 aromatic heterocycles. The minimum absolute atomic E-state index is 0.189. The van der Waals surface area contributed by atoms with Gasteiger partial charge in [0.2, 0.25) is 5.78 Å². The molecule has 0 spiro atoms. The van der Waals surface area contributed by atoms with E-state index in [0.29, 0.717) is 11.5 Å². The Kier molecular flexibility index (Phi) is 1.73. The molecule has 0 unspecified atom stereocenters. The SMILES string of the molecule is Cn1ccc(C(=O)c2ccco2)n1. The molecule has 13 heavy (non-hydrogen) atoms. The first-order valence-corrected chi connectivity index (χ1v) is 3.85. The molecule has 0 atom stereocenters. The van der Waals surface area contributed by atoms with Crippen molar-refractivity contribution in [2.24, 2.45) is 7.05 Å². The number of carbonyl (C=O) groups is 1. The van der Waals surface area contributed by atoms with Gasteiger partial charge in [0.1, 0.15) is 5.69 Å². The Balaban J connectivity index is 2.33. The number of aromatic nitrogens is 2. The highest BCUT2D eigenvalue weighted by Gasteiger charge is 2.13. The molecule has 0 bridgehead atoms. The molecule has 4 nitrogen and oxygen atoms in total. The monoisotopic (exact) mass is 176 g/mol. The maximum atomic E-state index is 11.6. The second-order valence-electron chi connectivity index (χ2n) is 2.68. The Morgan fingerprint density at radius 2 is 2.38 bits per heavy atom. The highest BCUT2D eigenvalue weighted by atomic mass is 16.3. The number of hydrogen-bond donors (Lipinski definition) is 0. The van der Waals surface area contributed by atoms with Crippen molar-refractivity contribution in [3.8, 4) is 0 Å². The van der Waals surface area contributed by atoms with Crippen LogP contribution in [0.5, 0.6) is 0 Å². The highest BCUT2D eigenvalue weighted by Crippen LogP contribution is 2.07. The first-order valence-electron chi connectivity index (χ1n) is 3.85. The second-order valence-corrected chi connectivity index (χ2v) is 2.68. The topological polar surface area (TPSA) is 48.0 Å². The molecule has 2 heterocycles. The zero-order chi connectivity index (χ0) is 9.26. The van der Waals surface area contributed by atoms with Crippen LogP contribution < -0.4 is 0 Å². The average molecular weight is 176 g/mol. The summed E-state index contributed by atoms with van der Waals surface area (Å²) >= 11 is 0. The Bertz CT molecular complexity index is 415. The maximum Gasteiger partial charge on any atom is 0.248 e. The van der Waals surface area contributed by atoms with Crippen LogP contribution >= 0.6 is 0 Å². The van der Waals surface area contributed by atoms with Crippen LogP contribution in [0.15, 0.2) is 35.1 Å². The first kappa shape index (κ1) is 7.79. The summed E-state index contributed by atoms with van der Waals surface area (Å²) in [6.45, 7) is 0. The summed E-state index contributed by atoms with van der Waals surface area (Å²) in [5, 5.41) is 3.97. The number of hydrogen-bond acceptors (Lipinski definition) is 3. The molecular formula is C9H8N2O2. The molecule has 0 saturated heterocycles. The van der Waals surface area contributed by atoms with Gasteiger partial charge in [0.25, 0.3) is 0 Å². The van der Waals surface area contributed by atoms with E-state index >= 15 is 0 Å². The summed E-state index contributed by atoms with van der Waals surface area (Å²) < 4.78 is 6.54. The third kappa shape index (κ3) is 1.38. The molecule has 0 aromatic carbocycles. The summed E-state index contributed by atoms with van der Waals surface area (Å²) in [6.07, 6.45) is 3.19. The fourth-order valence-corrected chi connectivity index (χ4v) is 1.07. The third-order valence-corrected chi connectivity index (χ3v) is 1.69. The molecule has 0 fully saturated rings. The predicted octanol–water partition coefficient (Wildman–Crippen LogP) is 1.24. The van der Waals surface area contributed by atoms with Gasteiger partial charge in [0.15, 0.2) is 5.76 Å². The number of rotatable bonds is 2. The van der Waals surface area contributed by atoms with E-state index in [0.717, 1.165) is 0 Å². The van der Waals surface area contributed by atoms with E-state index < -0.39 is 0 Å². The van der Waals surface area contributed by atoms with Crippen LogP contribution in [0.25, 0.3) is 0 Å². The second kappa shape index (κ2) is 2.90. The molecule has 66 valence electrons. The highest BCUT2D eigenvalue weighted by molar-refractivity contribution is 6.05. The van der Waals surface area contributed by atoms with Gasteiger partial charge in [-0.1, -0.05) is 0 Å². The lowest BCUT2D eigenvalue weighted by molar-refractivity contribution is 0.100. The van der Waals surface area contributed by atoms with Gasteiger partial charge in [-0.25, -0.2) is 0 Å². The number of carbonyl (C=O) groups excluding carboxylic acids is 1. The standard InChI is InChI=1S/C9H8N2O2/c1-11-5-4-7(10-11)9(12)8-3-2-6-13-8/h2-6H,1H3. The Morgan fingerprint density at radius 1 is 1.54 bits per heavy atom. The zero-order valence-corrected chi connectivity index (χ0v) is 7.10. The van der Waals surface area contributed by atoms with E-state index in [4.69, 9.17) is 4.42 Å². The van der Waals surface area contributed by atoms with E-state index in [1.165, 1.54) is 6.26 Å². The van der Waals surface area contributed by atoms with Crippen molar-refractivity contribution in [3.63, 3.8) is 0 Å². The molecular weight excluding hydrogens is 168 g/mol. The smallest absolute Gasteiger partial charge is 0.248 e. The Labute approximate surface area is 74.8 Å². The largest absolute Gasteiger partial charge is 0.461 e. The van der Waals surface area contributed by atoms with Crippen molar-refractivity contribution in [3.05, 3.63) is 42.1 Å². The van der Waals surface area contributed by atoms with Crippen molar-refractivity contribution in [1.82, 2.24) is 9.78 Å². The number of furan rings is 1. The van der Waals surface area contributed by atoms with Crippen LogP contribution in [-0.4, -0.2) is 15.6 Å². The van der Waals surface area contributed by atoms with Crippen molar-refractivity contribution >= 4 is 5.78 Å². The summed E-state index contributed by atoms with van der Waals surface area (Å²) in [4.78, 5) is 11.6. The van der Waals surface area contributed by atoms with Crippen LogP contribution in [-0.2, 0) is 7.05 Å². The van der Waals surface area contributed by atoms with E-state index in [9.17, 15) is 4.79 Å². The minimum Gasteiger partial charge on any atom is -0.461 e. The van der Waals surface area contributed by atoms with Crippen molar-refractivity contribution in [2.45, 2.75) is 0 Å². The van der Waals surface area contributed by atoms with Gasteiger partial charge in [0.05, 0.1) is 6.26 Å². The van der Waals surface area contributed by atoms with E-state index in [1.807, 2.05) is 0 Å². The molecule has 2 aromatic rings. The summed E-state index contributed by atoms with van der Waals surface area (Å²) in [5.41, 5.74) is 0.400. The van der Waals surface area contributed by atoms with E-state index in [2.05, 4.69) is 5.10 Å². The first-order chi connectivity index (χ1) is 6.27. The van der Waals surface area contributed by atoms with Gasteiger partial charge in [0, 0.05) is 13.2 Å². The fraction of sp³-hybridized carbons (Fsp3) is 0.111. The van der Waals surface area contributed by atoms with Gasteiger partial charge in [-0.3, -0.25) is 9.48 Å². The average Bonchev–Trinajstić information content (AvgIpc) is 2.72. The number of aryl methyl sites for hydroxylation is 1. The molecule has 4 heteroatoms. The van der Waals surface area contributed by atoms with Crippen molar-refractivity contribution < 1.29 is 9.21 Å². The van der Waals surface area contributed by atoms with Crippen LogP contribution in [0.4, 0.5) is 0 Å². The van der Waals surface area contributed by atoms with E-state index in [1.54, 1.807) is 36.1 Å². The van der Waals surface area contributed by atoms with Crippen molar-refractivity contribution in [2.75, 3.05) is 0 Å². The number of ketones is 1. The van der Waals surface area contributed by atoms with Crippen molar-refractivity contribution in [1.29, 1.82) is 0 Å². The molecule has 0 aliphatic heterocycles. The molecule has 0 N–H and O–H groups in total. The lowest BCUT2D eigenvalue weighted by atomic mass is 10.2. The molecule has 0 radical (unpaired) electrons. The number of nitrogens with zero attached hydrogens (tertiary/aromatic N) is 2. The van der Waals surface area contributed by atoms with Crippen LogP contribution in [0.2, 0.25) is 0 Å². The molecule has 0 aliphatic rings. The molecule has 0 saturated carbocycles. The summed E-state index contributed by atoms with van der Waals surface area (Å²) in [7, 11) is 1.76. The van der Waals surface area contributed by atoms with Gasteiger partial charge in [-0.2, -0.15) is 5.10 Å². The van der Waals surface area contributed by atoms with Crippen LogP contribution in [0.1, 0.15) is 16.2 Å². The predicted molar refractivity (Wildman–Crippen MR) is 45.3 cm³/mol.